The van der Waals surface area contributed by atoms with E-state index in [2.05, 4.69) is 19.2 Å². The lowest BCUT2D eigenvalue weighted by molar-refractivity contribution is -0.00336. The van der Waals surface area contributed by atoms with Crippen molar-refractivity contribution in [3.63, 3.8) is 0 Å². The summed E-state index contributed by atoms with van der Waals surface area (Å²) in [6, 6.07) is 0. The fourth-order valence-corrected chi connectivity index (χ4v) is 2.49. The summed E-state index contributed by atoms with van der Waals surface area (Å²) in [4.78, 5) is 0. The minimum absolute atomic E-state index is 0.561. The molecule has 0 atom stereocenters. The molecule has 1 aliphatic heterocycles. The molecule has 2 fully saturated rings. The van der Waals surface area contributed by atoms with Crippen molar-refractivity contribution in [1.29, 1.82) is 0 Å². The molecular weight excluding hydrogens is 186 g/mol. The maximum absolute atomic E-state index is 5.95. The van der Waals surface area contributed by atoms with Gasteiger partial charge in [-0.1, -0.05) is 13.8 Å². The van der Waals surface area contributed by atoms with Crippen molar-refractivity contribution in [2.24, 2.45) is 11.3 Å². The quantitative estimate of drug-likeness (QED) is 0.771. The predicted octanol–water partition coefficient (Wildman–Crippen LogP) is 2.58. The highest BCUT2D eigenvalue weighted by molar-refractivity contribution is 4.79. The average molecular weight is 211 g/mol. The van der Waals surface area contributed by atoms with Crippen LogP contribution in [0, 0.1) is 11.3 Å². The highest BCUT2D eigenvalue weighted by atomic mass is 16.5. The fourth-order valence-electron chi connectivity index (χ4n) is 2.49. The van der Waals surface area contributed by atoms with Gasteiger partial charge in [-0.2, -0.15) is 0 Å². The number of rotatable bonds is 4. The number of hydrogen-bond donors (Lipinski definition) is 1. The molecule has 0 aromatic rings. The van der Waals surface area contributed by atoms with E-state index >= 15 is 0 Å². The summed E-state index contributed by atoms with van der Waals surface area (Å²) in [7, 11) is 0. The van der Waals surface area contributed by atoms with Crippen LogP contribution in [0.25, 0.3) is 0 Å². The van der Waals surface area contributed by atoms with Crippen LogP contribution in [-0.2, 0) is 4.74 Å². The van der Waals surface area contributed by atoms with E-state index in [1.807, 2.05) is 0 Å². The first kappa shape index (κ1) is 11.4. The zero-order valence-electron chi connectivity index (χ0n) is 10.2. The van der Waals surface area contributed by atoms with Gasteiger partial charge in [0.1, 0.15) is 0 Å². The summed E-state index contributed by atoms with van der Waals surface area (Å²) in [5.41, 5.74) is 0.567. The molecule has 2 heteroatoms. The minimum Gasteiger partial charge on any atom is -0.378 e. The first-order valence-electron chi connectivity index (χ1n) is 6.48. The highest BCUT2D eigenvalue weighted by Gasteiger charge is 2.27. The third kappa shape index (κ3) is 3.46. The van der Waals surface area contributed by atoms with Gasteiger partial charge < -0.3 is 10.1 Å². The molecule has 0 spiro atoms. The van der Waals surface area contributed by atoms with E-state index in [1.54, 1.807) is 0 Å². The molecule has 1 aliphatic carbocycles. The Balaban J connectivity index is 1.56. The molecule has 15 heavy (non-hydrogen) atoms. The van der Waals surface area contributed by atoms with Crippen molar-refractivity contribution in [2.45, 2.75) is 52.1 Å². The van der Waals surface area contributed by atoms with Crippen LogP contribution in [0.4, 0.5) is 0 Å². The van der Waals surface area contributed by atoms with Crippen LogP contribution in [0.3, 0.4) is 0 Å². The summed E-state index contributed by atoms with van der Waals surface area (Å²) in [6.07, 6.45) is 7.04. The van der Waals surface area contributed by atoms with Crippen molar-refractivity contribution < 1.29 is 4.74 Å². The van der Waals surface area contributed by atoms with Crippen molar-refractivity contribution in [3.8, 4) is 0 Å². The second-order valence-corrected chi connectivity index (χ2v) is 6.05. The second-order valence-electron chi connectivity index (χ2n) is 6.05. The summed E-state index contributed by atoms with van der Waals surface area (Å²) < 4.78 is 5.95. The van der Waals surface area contributed by atoms with Gasteiger partial charge in [-0.3, -0.25) is 0 Å². The first-order chi connectivity index (χ1) is 7.16. The Morgan fingerprint density at radius 3 is 2.40 bits per heavy atom. The number of nitrogens with one attached hydrogen (secondary N) is 1. The molecule has 1 N–H and O–H groups in total. The van der Waals surface area contributed by atoms with E-state index in [-0.39, 0.29) is 0 Å². The Morgan fingerprint density at radius 1 is 1.20 bits per heavy atom. The minimum atomic E-state index is 0.561. The van der Waals surface area contributed by atoms with Crippen LogP contribution in [0.1, 0.15) is 46.0 Å². The smallest absolute Gasteiger partial charge is 0.0575 e. The zero-order valence-corrected chi connectivity index (χ0v) is 10.2. The topological polar surface area (TPSA) is 21.3 Å². The molecule has 2 rings (SSSR count). The lowest BCUT2D eigenvalue weighted by atomic mass is 9.76. The molecule has 2 nitrogen and oxygen atoms in total. The van der Waals surface area contributed by atoms with E-state index in [0.29, 0.717) is 11.5 Å². The monoisotopic (exact) mass is 211 g/mol. The Morgan fingerprint density at radius 2 is 1.87 bits per heavy atom. The van der Waals surface area contributed by atoms with Crippen molar-refractivity contribution in [3.05, 3.63) is 0 Å². The van der Waals surface area contributed by atoms with Gasteiger partial charge in [-0.25, -0.2) is 0 Å². The van der Waals surface area contributed by atoms with Crippen LogP contribution in [0.2, 0.25) is 0 Å². The van der Waals surface area contributed by atoms with Gasteiger partial charge in [0.25, 0.3) is 0 Å². The Labute approximate surface area is 93.8 Å². The van der Waals surface area contributed by atoms with Gasteiger partial charge in [-0.15, -0.1) is 0 Å². The third-order valence-electron chi connectivity index (χ3n) is 4.03. The van der Waals surface area contributed by atoms with Crippen LogP contribution in [0.5, 0.6) is 0 Å². The van der Waals surface area contributed by atoms with E-state index in [1.165, 1.54) is 45.2 Å². The molecule has 0 radical (unpaired) electrons. The standard InChI is InChI=1S/C13H25NO/c1-13(2)6-3-12(4-7-13)15-8-5-11-9-14-10-11/h11-12,14H,3-10H2,1-2H3. The number of ether oxygens (including phenoxy) is 1. The summed E-state index contributed by atoms with van der Waals surface area (Å²) in [5.74, 6) is 0.894. The van der Waals surface area contributed by atoms with E-state index in [0.717, 1.165) is 12.5 Å². The normalized spacial score (nSPS) is 27.6. The van der Waals surface area contributed by atoms with Gasteiger partial charge in [0.05, 0.1) is 6.10 Å². The first-order valence-corrected chi connectivity index (χ1v) is 6.48. The lowest BCUT2D eigenvalue weighted by Gasteiger charge is -2.34. The molecule has 0 bridgehead atoms. The van der Waals surface area contributed by atoms with Gasteiger partial charge in [0.15, 0.2) is 0 Å². The van der Waals surface area contributed by atoms with Gasteiger partial charge in [0.2, 0.25) is 0 Å². The molecule has 1 saturated heterocycles. The highest BCUT2D eigenvalue weighted by Crippen LogP contribution is 2.36. The Hall–Kier alpha value is -0.0800. The Bertz CT molecular complexity index is 189. The van der Waals surface area contributed by atoms with Crippen molar-refractivity contribution in [2.75, 3.05) is 19.7 Å². The van der Waals surface area contributed by atoms with Crippen molar-refractivity contribution in [1.82, 2.24) is 5.32 Å². The molecule has 1 heterocycles. The van der Waals surface area contributed by atoms with Gasteiger partial charge in [-0.05, 0) is 56.5 Å². The van der Waals surface area contributed by atoms with E-state index < -0.39 is 0 Å². The summed E-state index contributed by atoms with van der Waals surface area (Å²) >= 11 is 0. The van der Waals surface area contributed by atoms with Crippen molar-refractivity contribution >= 4 is 0 Å². The second kappa shape index (κ2) is 4.84. The fraction of sp³-hybridized carbons (Fsp3) is 1.00. The van der Waals surface area contributed by atoms with Crippen LogP contribution < -0.4 is 5.32 Å². The van der Waals surface area contributed by atoms with Crippen LogP contribution in [-0.4, -0.2) is 25.8 Å². The molecule has 0 amide bonds. The van der Waals surface area contributed by atoms with Gasteiger partial charge >= 0.3 is 0 Å². The summed E-state index contributed by atoms with van der Waals surface area (Å²) in [6.45, 7) is 8.16. The van der Waals surface area contributed by atoms with E-state index in [4.69, 9.17) is 4.74 Å². The van der Waals surface area contributed by atoms with E-state index in [9.17, 15) is 0 Å². The maximum atomic E-state index is 5.95. The molecule has 0 aromatic heterocycles. The largest absolute Gasteiger partial charge is 0.378 e. The third-order valence-corrected chi connectivity index (χ3v) is 4.03. The molecule has 0 unspecified atom stereocenters. The number of hydrogen-bond acceptors (Lipinski definition) is 2. The maximum Gasteiger partial charge on any atom is 0.0575 e. The molecule has 0 aromatic carbocycles. The van der Waals surface area contributed by atoms with Crippen LogP contribution in [0.15, 0.2) is 0 Å². The SMILES string of the molecule is CC1(C)CCC(OCCC2CNC2)CC1. The average Bonchev–Trinajstić information content (AvgIpc) is 2.12. The zero-order chi connectivity index (χ0) is 10.7. The molecular formula is C13H25NO. The van der Waals surface area contributed by atoms with Gasteiger partial charge in [0, 0.05) is 6.61 Å². The molecule has 2 aliphatic rings. The predicted molar refractivity (Wildman–Crippen MR) is 63.0 cm³/mol. The molecule has 88 valence electrons. The lowest BCUT2D eigenvalue weighted by Crippen LogP contribution is -2.42. The molecule has 1 saturated carbocycles. The van der Waals surface area contributed by atoms with Crippen LogP contribution >= 0.6 is 0 Å². The summed E-state index contributed by atoms with van der Waals surface area (Å²) in [5, 5.41) is 3.30. The Kier molecular flexibility index (Phi) is 3.68.